The summed E-state index contributed by atoms with van der Waals surface area (Å²) in [5.41, 5.74) is 4.30. The average molecular weight is 420 g/mol. The molecule has 1 N–H and O–H groups in total. The van der Waals surface area contributed by atoms with Gasteiger partial charge >= 0.3 is 5.97 Å². The monoisotopic (exact) mass is 419 g/mol. The van der Waals surface area contributed by atoms with Crippen LogP contribution in [0.1, 0.15) is 31.0 Å². The Morgan fingerprint density at radius 1 is 1.10 bits per heavy atom. The molecule has 5 nitrogen and oxygen atoms in total. The first-order valence-corrected chi connectivity index (χ1v) is 10.2. The van der Waals surface area contributed by atoms with Crippen LogP contribution in [0.25, 0.3) is 16.8 Å². The molecular formula is C24H22ClN3O2. The Kier molecular flexibility index (Phi) is 5.55. The summed E-state index contributed by atoms with van der Waals surface area (Å²) in [5, 5.41) is 14.6. The molecule has 4 rings (SSSR count). The molecule has 1 atom stereocenters. The van der Waals surface area contributed by atoms with Crippen LogP contribution in [0.15, 0.2) is 73.1 Å². The lowest BCUT2D eigenvalue weighted by Crippen LogP contribution is -2.29. The van der Waals surface area contributed by atoms with E-state index in [1.165, 1.54) is 0 Å². The normalized spacial score (nSPS) is 13.3. The van der Waals surface area contributed by atoms with E-state index in [0.29, 0.717) is 17.9 Å². The van der Waals surface area contributed by atoms with Crippen molar-refractivity contribution in [2.75, 3.05) is 0 Å². The number of nitrogens with zero attached hydrogens (tertiary/aromatic N) is 3. The zero-order chi connectivity index (χ0) is 21.1. The molecule has 2 aromatic heterocycles. The molecule has 152 valence electrons. The third kappa shape index (κ3) is 4.07. The van der Waals surface area contributed by atoms with Crippen LogP contribution in [0.2, 0.25) is 5.02 Å². The Balaban J connectivity index is 1.81. The zero-order valence-corrected chi connectivity index (χ0v) is 17.4. The van der Waals surface area contributed by atoms with Gasteiger partial charge in [-0.25, -0.2) is 9.50 Å². The lowest BCUT2D eigenvalue weighted by Gasteiger charge is -2.30. The third-order valence-corrected chi connectivity index (χ3v) is 5.75. The summed E-state index contributed by atoms with van der Waals surface area (Å²) in [7, 11) is 0. The predicted octanol–water partition coefficient (Wildman–Crippen LogP) is 5.41. The minimum absolute atomic E-state index is 0.0818. The fourth-order valence-electron chi connectivity index (χ4n) is 3.92. The molecule has 4 aromatic rings. The number of aromatic nitrogens is 3. The van der Waals surface area contributed by atoms with Crippen molar-refractivity contribution in [1.82, 2.24) is 14.6 Å². The Morgan fingerprint density at radius 3 is 2.53 bits per heavy atom. The van der Waals surface area contributed by atoms with E-state index in [1.807, 2.05) is 53.0 Å². The molecule has 0 saturated carbocycles. The molecule has 0 aliphatic heterocycles. The molecule has 0 bridgehead atoms. The second kappa shape index (κ2) is 8.28. The molecular weight excluding hydrogens is 398 g/mol. The van der Waals surface area contributed by atoms with E-state index in [2.05, 4.69) is 29.1 Å². The van der Waals surface area contributed by atoms with Crippen LogP contribution in [0, 0.1) is 0 Å². The van der Waals surface area contributed by atoms with Crippen molar-refractivity contribution in [3.8, 4) is 11.1 Å². The Morgan fingerprint density at radius 2 is 1.83 bits per heavy atom. The maximum Gasteiger partial charge on any atom is 0.303 e. The lowest BCUT2D eigenvalue weighted by molar-refractivity contribution is -0.137. The summed E-state index contributed by atoms with van der Waals surface area (Å²) < 4.78 is 1.84. The molecule has 0 aliphatic carbocycles. The van der Waals surface area contributed by atoms with Crippen molar-refractivity contribution in [2.24, 2.45) is 0 Å². The van der Waals surface area contributed by atoms with Crippen LogP contribution < -0.4 is 0 Å². The fraction of sp³-hybridized carbons (Fsp3) is 0.208. The summed E-state index contributed by atoms with van der Waals surface area (Å²) in [4.78, 5) is 15.9. The van der Waals surface area contributed by atoms with Crippen LogP contribution in [0.3, 0.4) is 0 Å². The van der Waals surface area contributed by atoms with Gasteiger partial charge in [-0.1, -0.05) is 61.0 Å². The molecule has 0 radical (unpaired) electrons. The van der Waals surface area contributed by atoms with Gasteiger partial charge in [-0.05, 0) is 42.2 Å². The molecule has 0 aliphatic rings. The van der Waals surface area contributed by atoms with Gasteiger partial charge in [-0.2, -0.15) is 5.10 Å². The van der Waals surface area contributed by atoms with Crippen LogP contribution in [-0.4, -0.2) is 25.7 Å². The first-order valence-electron chi connectivity index (χ1n) is 9.81. The second-order valence-electron chi connectivity index (χ2n) is 7.75. The number of benzene rings is 2. The number of hydrogen-bond donors (Lipinski definition) is 1. The van der Waals surface area contributed by atoms with Crippen LogP contribution in [0.5, 0.6) is 0 Å². The Bertz CT molecular complexity index is 1170. The molecule has 0 spiro atoms. The van der Waals surface area contributed by atoms with Gasteiger partial charge in [0, 0.05) is 28.6 Å². The van der Waals surface area contributed by atoms with E-state index >= 15 is 0 Å². The van der Waals surface area contributed by atoms with E-state index in [1.54, 1.807) is 12.4 Å². The van der Waals surface area contributed by atoms with Crippen molar-refractivity contribution < 1.29 is 9.90 Å². The Hall–Kier alpha value is -3.18. The van der Waals surface area contributed by atoms with Gasteiger partial charge in [-0.3, -0.25) is 4.79 Å². The van der Waals surface area contributed by atoms with Gasteiger partial charge in [0.25, 0.3) is 0 Å². The van der Waals surface area contributed by atoms with Gasteiger partial charge in [0.2, 0.25) is 0 Å². The molecule has 6 heteroatoms. The average Bonchev–Trinajstić information content (AvgIpc) is 3.18. The number of aliphatic carboxylic acids is 1. The molecule has 30 heavy (non-hydrogen) atoms. The molecule has 0 saturated heterocycles. The third-order valence-electron chi connectivity index (χ3n) is 5.50. The fourth-order valence-corrected chi connectivity index (χ4v) is 4.04. The number of fused-ring (bicyclic) bond motifs is 1. The quantitative estimate of drug-likeness (QED) is 0.434. The van der Waals surface area contributed by atoms with Crippen LogP contribution >= 0.6 is 11.6 Å². The number of carbonyl (C=O) groups is 1. The standard InChI is InChI=1S/C24H22ClN3O2/c1-24(13-11-22(29)30,15-17-5-3-2-4-6-17)21-12-14-26-23-20(16-27-28(21)23)18-7-9-19(25)10-8-18/h2-10,12,14,16H,11,13,15H2,1H3,(H,29,30). The smallest absolute Gasteiger partial charge is 0.303 e. The summed E-state index contributed by atoms with van der Waals surface area (Å²) in [6, 6.07) is 19.6. The molecule has 2 heterocycles. The summed E-state index contributed by atoms with van der Waals surface area (Å²) in [5.74, 6) is -0.804. The minimum Gasteiger partial charge on any atom is -0.481 e. The Labute approximate surface area is 180 Å². The number of rotatable bonds is 7. The summed E-state index contributed by atoms with van der Waals surface area (Å²) in [6.45, 7) is 2.10. The van der Waals surface area contributed by atoms with E-state index in [0.717, 1.165) is 28.0 Å². The van der Waals surface area contributed by atoms with E-state index in [4.69, 9.17) is 11.6 Å². The van der Waals surface area contributed by atoms with Gasteiger partial charge in [0.05, 0.1) is 11.9 Å². The van der Waals surface area contributed by atoms with Gasteiger partial charge in [-0.15, -0.1) is 0 Å². The highest BCUT2D eigenvalue weighted by Gasteiger charge is 2.31. The van der Waals surface area contributed by atoms with Crippen molar-refractivity contribution in [3.05, 3.63) is 89.3 Å². The predicted molar refractivity (Wildman–Crippen MR) is 118 cm³/mol. The highest BCUT2D eigenvalue weighted by molar-refractivity contribution is 6.30. The first-order chi connectivity index (χ1) is 14.5. The van der Waals surface area contributed by atoms with Crippen molar-refractivity contribution in [3.63, 3.8) is 0 Å². The van der Waals surface area contributed by atoms with Crippen molar-refractivity contribution in [2.45, 2.75) is 31.6 Å². The summed E-state index contributed by atoms with van der Waals surface area (Å²) in [6.07, 6.45) is 4.85. The maximum atomic E-state index is 11.4. The van der Waals surface area contributed by atoms with Crippen LogP contribution in [0.4, 0.5) is 0 Å². The van der Waals surface area contributed by atoms with E-state index < -0.39 is 11.4 Å². The molecule has 0 fully saturated rings. The molecule has 1 unspecified atom stereocenters. The maximum absolute atomic E-state index is 11.4. The number of carboxylic acids is 1. The zero-order valence-electron chi connectivity index (χ0n) is 16.6. The minimum atomic E-state index is -0.804. The highest BCUT2D eigenvalue weighted by Crippen LogP contribution is 2.34. The number of carboxylic acid groups (broad SMARTS) is 1. The van der Waals surface area contributed by atoms with Gasteiger partial charge < -0.3 is 5.11 Å². The SMILES string of the molecule is CC(CCC(=O)O)(Cc1ccccc1)c1ccnc2c(-c3ccc(Cl)cc3)cnn12. The number of halogens is 1. The largest absolute Gasteiger partial charge is 0.481 e. The number of hydrogen-bond acceptors (Lipinski definition) is 3. The molecule has 0 amide bonds. The first kappa shape index (κ1) is 20.1. The molecule has 2 aromatic carbocycles. The van der Waals surface area contributed by atoms with Crippen molar-refractivity contribution in [1.29, 1.82) is 0 Å². The topological polar surface area (TPSA) is 67.5 Å². The van der Waals surface area contributed by atoms with Crippen LogP contribution in [-0.2, 0) is 16.6 Å². The van der Waals surface area contributed by atoms with Gasteiger partial charge in [0.1, 0.15) is 0 Å². The van der Waals surface area contributed by atoms with E-state index in [-0.39, 0.29) is 6.42 Å². The highest BCUT2D eigenvalue weighted by atomic mass is 35.5. The van der Waals surface area contributed by atoms with Crippen molar-refractivity contribution >= 4 is 23.2 Å². The van der Waals surface area contributed by atoms with E-state index in [9.17, 15) is 9.90 Å². The van der Waals surface area contributed by atoms with Gasteiger partial charge in [0.15, 0.2) is 5.65 Å². The lowest BCUT2D eigenvalue weighted by atomic mass is 9.76. The second-order valence-corrected chi connectivity index (χ2v) is 8.18. The summed E-state index contributed by atoms with van der Waals surface area (Å²) >= 11 is 6.03.